The number of aromatic nitrogens is 1. The van der Waals surface area contributed by atoms with Gasteiger partial charge in [0.2, 0.25) is 0 Å². The van der Waals surface area contributed by atoms with Crippen LogP contribution in [0.15, 0.2) is 28.2 Å². The minimum atomic E-state index is -0.235. The van der Waals surface area contributed by atoms with Gasteiger partial charge < -0.3 is 14.8 Å². The van der Waals surface area contributed by atoms with Crippen molar-refractivity contribution in [3.05, 3.63) is 29.5 Å². The van der Waals surface area contributed by atoms with E-state index in [1.54, 1.807) is 17.6 Å². The predicted molar refractivity (Wildman–Crippen MR) is 77.0 cm³/mol. The molecule has 0 bridgehead atoms. The van der Waals surface area contributed by atoms with Gasteiger partial charge in [-0.25, -0.2) is 4.98 Å². The molecule has 0 spiro atoms. The minimum absolute atomic E-state index is 0.235. The molecule has 19 heavy (non-hydrogen) atoms. The van der Waals surface area contributed by atoms with E-state index in [1.807, 2.05) is 31.4 Å². The summed E-state index contributed by atoms with van der Waals surface area (Å²) in [5, 5.41) is 15.9. The molecule has 1 atom stereocenters. The molecule has 2 rings (SSSR count). The molecule has 4 nitrogen and oxygen atoms in total. The van der Waals surface area contributed by atoms with E-state index in [2.05, 4.69) is 10.3 Å². The summed E-state index contributed by atoms with van der Waals surface area (Å²) in [5.74, 6) is 1.12. The van der Waals surface area contributed by atoms with Crippen LogP contribution in [0.1, 0.15) is 26.0 Å². The third-order valence-electron chi connectivity index (χ3n) is 2.98. The number of aliphatic hydroxyl groups excluding tert-OH is 1. The highest BCUT2D eigenvalue weighted by atomic mass is 32.1. The van der Waals surface area contributed by atoms with Gasteiger partial charge in [0.15, 0.2) is 10.8 Å². The second-order valence-electron chi connectivity index (χ2n) is 4.90. The second-order valence-corrected chi connectivity index (χ2v) is 5.76. The van der Waals surface area contributed by atoms with Crippen LogP contribution in [0.3, 0.4) is 0 Å². The molecule has 0 radical (unpaired) electrons. The molecule has 5 heteroatoms. The Bertz CT molecular complexity index is 479. The van der Waals surface area contributed by atoms with E-state index >= 15 is 0 Å². The average Bonchev–Trinajstić information content (AvgIpc) is 3.04. The average molecular weight is 280 g/mol. The number of hydrogen-bond donors (Lipinski definition) is 2. The van der Waals surface area contributed by atoms with Crippen molar-refractivity contribution in [2.75, 3.05) is 6.54 Å². The van der Waals surface area contributed by atoms with Crippen LogP contribution >= 0.6 is 11.3 Å². The third-order valence-corrected chi connectivity index (χ3v) is 3.88. The summed E-state index contributed by atoms with van der Waals surface area (Å²) in [5.41, 5.74) is 1.01. The van der Waals surface area contributed by atoms with Gasteiger partial charge in [0.1, 0.15) is 0 Å². The fraction of sp³-hybridized carbons (Fsp3) is 0.500. The van der Waals surface area contributed by atoms with Gasteiger partial charge >= 0.3 is 0 Å². The molecule has 0 aliphatic rings. The molecule has 0 saturated carbocycles. The summed E-state index contributed by atoms with van der Waals surface area (Å²) in [6.45, 7) is 5.58. The zero-order chi connectivity index (χ0) is 13.7. The lowest BCUT2D eigenvalue weighted by Crippen LogP contribution is -2.23. The zero-order valence-corrected chi connectivity index (χ0v) is 12.1. The van der Waals surface area contributed by atoms with Gasteiger partial charge in [-0.3, -0.25) is 0 Å². The van der Waals surface area contributed by atoms with Crippen LogP contribution in [0.4, 0.5) is 0 Å². The SMILES string of the molecule is CC(C)C(O)CCNCc1csc(-c2ccco2)n1. The van der Waals surface area contributed by atoms with Crippen LogP contribution in [0.2, 0.25) is 0 Å². The van der Waals surface area contributed by atoms with Gasteiger partial charge in [0, 0.05) is 11.9 Å². The number of nitrogens with zero attached hydrogens (tertiary/aromatic N) is 1. The summed E-state index contributed by atoms with van der Waals surface area (Å²) in [6, 6.07) is 3.77. The van der Waals surface area contributed by atoms with Crippen molar-refractivity contribution in [1.29, 1.82) is 0 Å². The van der Waals surface area contributed by atoms with E-state index in [0.717, 1.165) is 36.0 Å². The molecule has 0 aromatic carbocycles. The number of thiazole rings is 1. The normalized spacial score (nSPS) is 13.1. The van der Waals surface area contributed by atoms with Crippen molar-refractivity contribution in [3.8, 4) is 10.8 Å². The second kappa shape index (κ2) is 6.84. The standard InChI is InChI=1S/C14H20N2O2S/c1-10(2)12(17)5-6-15-8-11-9-19-14(16-11)13-4-3-7-18-13/h3-4,7,9-10,12,15,17H,5-6,8H2,1-2H3. The molecule has 1 unspecified atom stereocenters. The summed E-state index contributed by atoms with van der Waals surface area (Å²) >= 11 is 1.58. The van der Waals surface area contributed by atoms with Crippen LogP contribution in [0.5, 0.6) is 0 Å². The van der Waals surface area contributed by atoms with Gasteiger partial charge in [0.25, 0.3) is 0 Å². The maximum absolute atomic E-state index is 9.69. The molecule has 0 aliphatic carbocycles. The Morgan fingerprint density at radius 1 is 1.47 bits per heavy atom. The summed E-state index contributed by atoms with van der Waals surface area (Å²) in [6.07, 6.45) is 2.19. The van der Waals surface area contributed by atoms with E-state index in [9.17, 15) is 5.11 Å². The van der Waals surface area contributed by atoms with Gasteiger partial charge in [0.05, 0.1) is 18.1 Å². The molecular weight excluding hydrogens is 260 g/mol. The minimum Gasteiger partial charge on any atom is -0.462 e. The molecule has 2 heterocycles. The highest BCUT2D eigenvalue weighted by Crippen LogP contribution is 2.23. The van der Waals surface area contributed by atoms with E-state index in [4.69, 9.17) is 4.42 Å². The van der Waals surface area contributed by atoms with Crippen molar-refractivity contribution in [3.63, 3.8) is 0 Å². The van der Waals surface area contributed by atoms with Gasteiger partial charge in [-0.2, -0.15) is 0 Å². The molecule has 0 amide bonds. The lowest BCUT2D eigenvalue weighted by Gasteiger charge is -2.13. The monoisotopic (exact) mass is 280 g/mol. The molecule has 0 aliphatic heterocycles. The van der Waals surface area contributed by atoms with E-state index in [-0.39, 0.29) is 6.10 Å². The van der Waals surface area contributed by atoms with Crippen LogP contribution in [0.25, 0.3) is 10.8 Å². The Labute approximate surface area is 117 Å². The number of rotatable bonds is 7. The van der Waals surface area contributed by atoms with Gasteiger partial charge in [-0.05, 0) is 31.0 Å². The highest BCUT2D eigenvalue weighted by molar-refractivity contribution is 7.13. The fourth-order valence-electron chi connectivity index (χ4n) is 1.70. The summed E-state index contributed by atoms with van der Waals surface area (Å²) in [4.78, 5) is 4.50. The maximum atomic E-state index is 9.69. The number of nitrogens with one attached hydrogen (secondary N) is 1. The van der Waals surface area contributed by atoms with Crippen LogP contribution in [-0.2, 0) is 6.54 Å². The highest BCUT2D eigenvalue weighted by Gasteiger charge is 2.09. The first-order valence-corrected chi connectivity index (χ1v) is 7.42. The van der Waals surface area contributed by atoms with Crippen LogP contribution < -0.4 is 5.32 Å². The largest absolute Gasteiger partial charge is 0.462 e. The third kappa shape index (κ3) is 4.16. The molecule has 2 aromatic heterocycles. The van der Waals surface area contributed by atoms with E-state index < -0.39 is 0 Å². The Morgan fingerprint density at radius 2 is 2.32 bits per heavy atom. The fourth-order valence-corrected chi connectivity index (χ4v) is 2.49. The molecule has 104 valence electrons. The molecule has 0 saturated heterocycles. The van der Waals surface area contributed by atoms with Crippen molar-refractivity contribution in [2.45, 2.75) is 32.9 Å². The zero-order valence-electron chi connectivity index (χ0n) is 11.3. The van der Waals surface area contributed by atoms with E-state index in [1.165, 1.54) is 0 Å². The quantitative estimate of drug-likeness (QED) is 0.766. The Morgan fingerprint density at radius 3 is 3.00 bits per heavy atom. The smallest absolute Gasteiger partial charge is 0.162 e. The van der Waals surface area contributed by atoms with Gasteiger partial charge in [-0.15, -0.1) is 11.3 Å². The lowest BCUT2D eigenvalue weighted by molar-refractivity contribution is 0.116. The lowest BCUT2D eigenvalue weighted by atomic mass is 10.0. The summed E-state index contributed by atoms with van der Waals surface area (Å²) in [7, 11) is 0. The van der Waals surface area contributed by atoms with Crippen molar-refractivity contribution >= 4 is 11.3 Å². The topological polar surface area (TPSA) is 58.3 Å². The van der Waals surface area contributed by atoms with E-state index in [0.29, 0.717) is 5.92 Å². The Kier molecular flexibility index (Phi) is 5.13. The Hall–Kier alpha value is -1.17. The molecule has 0 fully saturated rings. The molecule has 2 aromatic rings. The van der Waals surface area contributed by atoms with Crippen molar-refractivity contribution < 1.29 is 9.52 Å². The van der Waals surface area contributed by atoms with Gasteiger partial charge in [-0.1, -0.05) is 13.8 Å². The first-order chi connectivity index (χ1) is 9.16. The molecule has 2 N–H and O–H groups in total. The van der Waals surface area contributed by atoms with Crippen molar-refractivity contribution in [2.24, 2.45) is 5.92 Å². The maximum Gasteiger partial charge on any atom is 0.162 e. The summed E-state index contributed by atoms with van der Waals surface area (Å²) < 4.78 is 5.31. The number of furan rings is 1. The van der Waals surface area contributed by atoms with Crippen molar-refractivity contribution in [1.82, 2.24) is 10.3 Å². The molecular formula is C14H20N2O2S. The first-order valence-electron chi connectivity index (χ1n) is 6.54. The Balaban J connectivity index is 1.75. The van der Waals surface area contributed by atoms with Crippen LogP contribution in [0, 0.1) is 5.92 Å². The van der Waals surface area contributed by atoms with Crippen LogP contribution in [-0.4, -0.2) is 22.7 Å². The number of hydrogen-bond acceptors (Lipinski definition) is 5. The predicted octanol–water partition coefficient (Wildman–Crippen LogP) is 2.90. The number of aliphatic hydroxyl groups is 1. The first kappa shape index (κ1) is 14.2.